The molecule has 0 aliphatic carbocycles. The van der Waals surface area contributed by atoms with Gasteiger partial charge < -0.3 is 5.32 Å². The van der Waals surface area contributed by atoms with E-state index < -0.39 is 0 Å². The quantitative estimate of drug-likeness (QED) is 0.899. The molecule has 2 unspecified atom stereocenters. The third kappa shape index (κ3) is 2.69. The van der Waals surface area contributed by atoms with Crippen molar-refractivity contribution < 1.29 is 4.79 Å². The van der Waals surface area contributed by atoms with Gasteiger partial charge in [0.25, 0.3) is 0 Å². The number of nitrogens with one attached hydrogen (secondary N) is 1. The third-order valence-corrected chi connectivity index (χ3v) is 4.39. The summed E-state index contributed by atoms with van der Waals surface area (Å²) in [5, 5.41) is 12.3. The Morgan fingerprint density at radius 3 is 2.42 bits per heavy atom. The van der Waals surface area contributed by atoms with E-state index in [4.69, 9.17) is 5.26 Å². The highest BCUT2D eigenvalue weighted by atomic mass is 16.1. The first kappa shape index (κ1) is 12.4. The molecule has 2 heterocycles. The van der Waals surface area contributed by atoms with Gasteiger partial charge in [0.05, 0.1) is 11.6 Å². The lowest BCUT2D eigenvalue weighted by molar-refractivity contribution is -0.123. The lowest BCUT2D eigenvalue weighted by Crippen LogP contribution is -2.40. The summed E-state index contributed by atoms with van der Waals surface area (Å²) in [7, 11) is 0. The summed E-state index contributed by atoms with van der Waals surface area (Å²) in [5.41, 5.74) is 1.67. The van der Waals surface area contributed by atoms with E-state index in [0.717, 1.165) is 18.4 Å². The Labute approximate surface area is 113 Å². The number of hydrogen-bond donors (Lipinski definition) is 1. The Bertz CT molecular complexity index is 503. The van der Waals surface area contributed by atoms with Gasteiger partial charge in [-0.15, -0.1) is 0 Å². The molecule has 0 amide bonds. The molecule has 2 saturated heterocycles. The third-order valence-electron chi connectivity index (χ3n) is 4.39. The zero-order chi connectivity index (χ0) is 13.2. The van der Waals surface area contributed by atoms with Crippen LogP contribution in [0, 0.1) is 17.2 Å². The van der Waals surface area contributed by atoms with Gasteiger partial charge in [0, 0.05) is 24.4 Å². The smallest absolute Gasteiger partial charge is 0.140 e. The monoisotopic (exact) mass is 254 g/mol. The minimum absolute atomic E-state index is 0.231. The standard InChI is InChI=1S/C16H18N2O/c17-10-12-3-1-11(2-4-12)7-16(19)13-8-14-5-6-15(9-13)18-14/h1-4,13-15,18H,5-9H2. The molecule has 3 rings (SSSR count). The zero-order valence-corrected chi connectivity index (χ0v) is 10.9. The van der Waals surface area contributed by atoms with Gasteiger partial charge in [0.2, 0.25) is 0 Å². The fourth-order valence-corrected chi connectivity index (χ4v) is 3.36. The number of piperidine rings is 1. The van der Waals surface area contributed by atoms with E-state index in [1.165, 1.54) is 12.8 Å². The van der Waals surface area contributed by atoms with Gasteiger partial charge in [-0.3, -0.25) is 4.79 Å². The molecule has 2 aliphatic rings. The number of ketones is 1. The van der Waals surface area contributed by atoms with Gasteiger partial charge in [0.1, 0.15) is 5.78 Å². The van der Waals surface area contributed by atoms with Crippen molar-refractivity contribution in [3.05, 3.63) is 35.4 Å². The predicted octanol–water partition coefficient (Wildman–Crippen LogP) is 2.20. The molecule has 2 atom stereocenters. The molecular formula is C16H18N2O. The molecule has 0 spiro atoms. The number of nitrogens with zero attached hydrogens (tertiary/aromatic N) is 1. The lowest BCUT2D eigenvalue weighted by atomic mass is 9.86. The summed E-state index contributed by atoms with van der Waals surface area (Å²) >= 11 is 0. The van der Waals surface area contributed by atoms with E-state index in [9.17, 15) is 4.79 Å². The van der Waals surface area contributed by atoms with E-state index in [-0.39, 0.29) is 5.92 Å². The maximum atomic E-state index is 12.3. The van der Waals surface area contributed by atoms with Crippen LogP contribution in [-0.4, -0.2) is 17.9 Å². The molecule has 0 aromatic heterocycles. The second-order valence-electron chi connectivity index (χ2n) is 5.76. The molecular weight excluding hydrogens is 236 g/mol. The Kier molecular flexibility index (Phi) is 3.35. The van der Waals surface area contributed by atoms with E-state index in [1.54, 1.807) is 12.1 Å². The van der Waals surface area contributed by atoms with Crippen molar-refractivity contribution in [1.29, 1.82) is 5.26 Å². The Balaban J connectivity index is 1.63. The molecule has 3 heteroatoms. The first-order chi connectivity index (χ1) is 9.24. The van der Waals surface area contributed by atoms with Crippen molar-refractivity contribution in [3.63, 3.8) is 0 Å². The average molecular weight is 254 g/mol. The Morgan fingerprint density at radius 2 is 1.84 bits per heavy atom. The van der Waals surface area contributed by atoms with Gasteiger partial charge in [-0.05, 0) is 43.4 Å². The first-order valence-electron chi connectivity index (χ1n) is 7.02. The van der Waals surface area contributed by atoms with Gasteiger partial charge in [-0.2, -0.15) is 5.26 Å². The van der Waals surface area contributed by atoms with Crippen molar-refractivity contribution in [2.24, 2.45) is 5.92 Å². The Hall–Kier alpha value is -1.66. The summed E-state index contributed by atoms with van der Waals surface area (Å²) in [6.07, 6.45) is 4.98. The number of carbonyl (C=O) groups is 1. The molecule has 0 saturated carbocycles. The summed E-state index contributed by atoms with van der Waals surface area (Å²) in [4.78, 5) is 12.3. The van der Waals surface area contributed by atoms with Crippen molar-refractivity contribution in [3.8, 4) is 6.07 Å². The number of hydrogen-bond acceptors (Lipinski definition) is 3. The van der Waals surface area contributed by atoms with Gasteiger partial charge in [-0.1, -0.05) is 12.1 Å². The van der Waals surface area contributed by atoms with Crippen LogP contribution in [0.2, 0.25) is 0 Å². The van der Waals surface area contributed by atoms with Crippen LogP contribution < -0.4 is 5.32 Å². The minimum Gasteiger partial charge on any atom is -0.311 e. The molecule has 98 valence electrons. The molecule has 1 aromatic carbocycles. The highest BCUT2D eigenvalue weighted by Crippen LogP contribution is 2.31. The lowest BCUT2D eigenvalue weighted by Gasteiger charge is -2.28. The van der Waals surface area contributed by atoms with Crippen molar-refractivity contribution >= 4 is 5.78 Å². The van der Waals surface area contributed by atoms with Crippen LogP contribution in [-0.2, 0) is 11.2 Å². The number of nitriles is 1. The van der Waals surface area contributed by atoms with E-state index in [2.05, 4.69) is 11.4 Å². The normalized spacial score (nSPS) is 28.9. The van der Waals surface area contributed by atoms with Crippen molar-refractivity contribution in [1.82, 2.24) is 5.32 Å². The maximum Gasteiger partial charge on any atom is 0.140 e. The number of Topliss-reactive ketones (excluding diaryl/α,β-unsaturated/α-hetero) is 1. The second-order valence-corrected chi connectivity index (χ2v) is 5.76. The molecule has 1 aromatic rings. The molecule has 19 heavy (non-hydrogen) atoms. The van der Waals surface area contributed by atoms with Crippen LogP contribution in [0.5, 0.6) is 0 Å². The number of benzene rings is 1. The van der Waals surface area contributed by atoms with Crippen molar-refractivity contribution in [2.45, 2.75) is 44.2 Å². The topological polar surface area (TPSA) is 52.9 Å². The van der Waals surface area contributed by atoms with Crippen LogP contribution in [0.15, 0.2) is 24.3 Å². The summed E-state index contributed by atoms with van der Waals surface area (Å²) in [5.74, 6) is 0.595. The highest BCUT2D eigenvalue weighted by Gasteiger charge is 2.36. The number of carbonyl (C=O) groups excluding carboxylic acids is 1. The SMILES string of the molecule is N#Cc1ccc(CC(=O)C2CC3CCC(C2)N3)cc1. The van der Waals surface area contributed by atoms with Crippen molar-refractivity contribution in [2.75, 3.05) is 0 Å². The number of rotatable bonds is 3. The van der Waals surface area contributed by atoms with Crippen LogP contribution in [0.3, 0.4) is 0 Å². The molecule has 2 bridgehead atoms. The Morgan fingerprint density at radius 1 is 1.21 bits per heavy atom. The minimum atomic E-state index is 0.231. The van der Waals surface area contributed by atoms with Crippen LogP contribution in [0.25, 0.3) is 0 Å². The fraction of sp³-hybridized carbons (Fsp3) is 0.500. The van der Waals surface area contributed by atoms with E-state index in [1.807, 2.05) is 12.1 Å². The van der Waals surface area contributed by atoms with E-state index >= 15 is 0 Å². The number of fused-ring (bicyclic) bond motifs is 2. The highest BCUT2D eigenvalue weighted by molar-refractivity contribution is 5.83. The molecule has 2 aliphatic heterocycles. The fourth-order valence-electron chi connectivity index (χ4n) is 3.36. The van der Waals surface area contributed by atoms with Crippen LogP contribution >= 0.6 is 0 Å². The van der Waals surface area contributed by atoms with Gasteiger partial charge in [0.15, 0.2) is 0 Å². The molecule has 2 fully saturated rings. The van der Waals surface area contributed by atoms with Gasteiger partial charge >= 0.3 is 0 Å². The zero-order valence-electron chi connectivity index (χ0n) is 10.9. The van der Waals surface area contributed by atoms with Gasteiger partial charge in [-0.25, -0.2) is 0 Å². The van der Waals surface area contributed by atoms with Crippen LogP contribution in [0.4, 0.5) is 0 Å². The molecule has 1 N–H and O–H groups in total. The largest absolute Gasteiger partial charge is 0.311 e. The van der Waals surface area contributed by atoms with E-state index in [0.29, 0.717) is 29.9 Å². The first-order valence-corrected chi connectivity index (χ1v) is 7.02. The predicted molar refractivity (Wildman–Crippen MR) is 72.5 cm³/mol. The summed E-state index contributed by atoms with van der Waals surface area (Å²) in [6.45, 7) is 0. The maximum absolute atomic E-state index is 12.3. The summed E-state index contributed by atoms with van der Waals surface area (Å²) < 4.78 is 0. The molecule has 3 nitrogen and oxygen atoms in total. The van der Waals surface area contributed by atoms with Crippen LogP contribution in [0.1, 0.15) is 36.8 Å². The summed E-state index contributed by atoms with van der Waals surface area (Å²) in [6, 6.07) is 10.6. The second kappa shape index (κ2) is 5.14. The average Bonchev–Trinajstić information content (AvgIpc) is 2.78. The molecule has 0 radical (unpaired) electrons.